The first-order chi connectivity index (χ1) is 13.7. The van der Waals surface area contributed by atoms with Crippen molar-refractivity contribution in [3.05, 3.63) is 42.9 Å². The maximum atomic E-state index is 9.98. The molecule has 1 unspecified atom stereocenters. The maximum absolute atomic E-state index is 9.98. The van der Waals surface area contributed by atoms with Gasteiger partial charge in [-0.1, -0.05) is 6.07 Å². The summed E-state index contributed by atoms with van der Waals surface area (Å²) in [6, 6.07) is 7.95. The van der Waals surface area contributed by atoms with E-state index in [4.69, 9.17) is 4.98 Å². The lowest BCUT2D eigenvalue weighted by atomic mass is 10.1. The predicted octanol–water partition coefficient (Wildman–Crippen LogP) is 2.38. The molecule has 0 aliphatic carbocycles. The summed E-state index contributed by atoms with van der Waals surface area (Å²) in [5.41, 5.74) is 4.26. The highest BCUT2D eigenvalue weighted by atomic mass is 16.3. The van der Waals surface area contributed by atoms with Gasteiger partial charge in [-0.25, -0.2) is 4.98 Å². The number of nitrogens with zero attached hydrogens (tertiary/aromatic N) is 6. The summed E-state index contributed by atoms with van der Waals surface area (Å²) < 4.78 is 1.76. The molecule has 1 aliphatic rings. The number of aromatic amines is 1. The number of aryl methyl sites for hydroxylation is 1. The minimum Gasteiger partial charge on any atom is -0.391 e. The van der Waals surface area contributed by atoms with Crippen molar-refractivity contribution < 1.29 is 5.11 Å². The Kier molecular flexibility index (Phi) is 4.05. The topological polar surface area (TPSA) is 95.8 Å². The lowest BCUT2D eigenvalue weighted by Gasteiger charge is -2.31. The molecule has 4 aromatic rings. The van der Waals surface area contributed by atoms with Crippen LogP contribution < -0.4 is 4.90 Å². The molecule has 5 rings (SSSR count). The van der Waals surface area contributed by atoms with Crippen LogP contribution in [0.5, 0.6) is 0 Å². The third-order valence-electron chi connectivity index (χ3n) is 5.15. The summed E-state index contributed by atoms with van der Waals surface area (Å²) in [5, 5.41) is 22.7. The van der Waals surface area contributed by atoms with Crippen molar-refractivity contribution in [2.24, 2.45) is 7.05 Å². The second kappa shape index (κ2) is 6.72. The van der Waals surface area contributed by atoms with Gasteiger partial charge in [0.05, 0.1) is 35.4 Å². The number of fused-ring (bicyclic) bond motifs is 1. The number of β-amino-alcohol motifs (C(OH)–C–C–N with tert-alkyl or cyclic N) is 1. The van der Waals surface area contributed by atoms with Crippen LogP contribution in [0.15, 0.2) is 42.9 Å². The minimum atomic E-state index is -0.293. The Morgan fingerprint density at radius 3 is 2.96 bits per heavy atom. The first-order valence-electron chi connectivity index (χ1n) is 9.41. The molecule has 0 aromatic carbocycles. The van der Waals surface area contributed by atoms with E-state index in [0.717, 1.165) is 58.8 Å². The molecule has 1 fully saturated rings. The summed E-state index contributed by atoms with van der Waals surface area (Å²) in [5.74, 6) is 0.869. The molecule has 1 atom stereocenters. The molecule has 142 valence electrons. The normalized spacial score (nSPS) is 17.4. The Balaban J connectivity index is 1.55. The standard InChI is InChI=1S/C20H21N7O/c1-26-11-13(9-22-26)17-8-15-18(10-21-17)24-25-20(15)16-5-2-6-19(23-16)27-7-3-4-14(28)12-27/h2,5-6,8-11,14,28H,3-4,7,12H2,1H3,(H,24,25). The SMILES string of the molecule is Cn1cc(-c2cc3c(-c4cccc(N5CCCC(O)C5)n4)n[nH]c3cn2)cn1. The Morgan fingerprint density at radius 2 is 2.14 bits per heavy atom. The predicted molar refractivity (Wildman–Crippen MR) is 107 cm³/mol. The zero-order valence-electron chi connectivity index (χ0n) is 15.6. The highest BCUT2D eigenvalue weighted by Crippen LogP contribution is 2.29. The average molecular weight is 375 g/mol. The number of piperidine rings is 1. The van der Waals surface area contributed by atoms with E-state index in [1.165, 1.54) is 0 Å². The van der Waals surface area contributed by atoms with E-state index in [2.05, 4.69) is 25.2 Å². The molecule has 0 radical (unpaired) electrons. The number of nitrogens with one attached hydrogen (secondary N) is 1. The van der Waals surface area contributed by atoms with Crippen molar-refractivity contribution in [1.82, 2.24) is 29.9 Å². The monoisotopic (exact) mass is 375 g/mol. The fraction of sp³-hybridized carbons (Fsp3) is 0.300. The quantitative estimate of drug-likeness (QED) is 0.571. The van der Waals surface area contributed by atoms with Crippen molar-refractivity contribution in [3.8, 4) is 22.6 Å². The van der Waals surface area contributed by atoms with Crippen LogP contribution in [0, 0.1) is 0 Å². The highest BCUT2D eigenvalue weighted by molar-refractivity contribution is 5.93. The molecule has 1 aliphatic heterocycles. The molecule has 0 amide bonds. The Hall–Kier alpha value is -3.26. The number of anilines is 1. The number of H-pyrrole nitrogens is 1. The Morgan fingerprint density at radius 1 is 1.21 bits per heavy atom. The molecule has 2 N–H and O–H groups in total. The van der Waals surface area contributed by atoms with Crippen LogP contribution in [0.1, 0.15) is 12.8 Å². The summed E-state index contributed by atoms with van der Waals surface area (Å²) in [7, 11) is 1.89. The fourth-order valence-electron chi connectivity index (χ4n) is 3.72. The summed E-state index contributed by atoms with van der Waals surface area (Å²) >= 11 is 0. The summed E-state index contributed by atoms with van der Waals surface area (Å²) in [4.78, 5) is 11.5. The molecule has 8 nitrogen and oxygen atoms in total. The second-order valence-electron chi connectivity index (χ2n) is 7.21. The number of aliphatic hydroxyl groups excluding tert-OH is 1. The van der Waals surface area contributed by atoms with Crippen molar-refractivity contribution in [3.63, 3.8) is 0 Å². The molecular weight excluding hydrogens is 354 g/mol. The Labute approximate surface area is 161 Å². The van der Waals surface area contributed by atoms with Crippen molar-refractivity contribution in [2.75, 3.05) is 18.0 Å². The summed E-state index contributed by atoms with van der Waals surface area (Å²) in [6.45, 7) is 1.52. The number of pyridine rings is 2. The third kappa shape index (κ3) is 3.01. The van der Waals surface area contributed by atoms with E-state index >= 15 is 0 Å². The largest absolute Gasteiger partial charge is 0.391 e. The van der Waals surface area contributed by atoms with E-state index in [1.807, 2.05) is 37.5 Å². The first-order valence-corrected chi connectivity index (χ1v) is 9.41. The van der Waals surface area contributed by atoms with E-state index < -0.39 is 0 Å². The number of aliphatic hydroxyl groups is 1. The number of rotatable bonds is 3. The number of hydrogen-bond donors (Lipinski definition) is 2. The number of hydrogen-bond acceptors (Lipinski definition) is 6. The average Bonchev–Trinajstić information content (AvgIpc) is 3.34. The zero-order chi connectivity index (χ0) is 19.1. The van der Waals surface area contributed by atoms with Gasteiger partial charge in [0.2, 0.25) is 0 Å². The molecule has 1 saturated heterocycles. The third-order valence-corrected chi connectivity index (χ3v) is 5.15. The molecule has 0 saturated carbocycles. The zero-order valence-corrected chi connectivity index (χ0v) is 15.6. The van der Waals surface area contributed by atoms with Crippen LogP contribution >= 0.6 is 0 Å². The van der Waals surface area contributed by atoms with Crippen LogP contribution in [-0.4, -0.2) is 54.2 Å². The van der Waals surface area contributed by atoms with Crippen molar-refractivity contribution >= 4 is 16.7 Å². The minimum absolute atomic E-state index is 0.293. The van der Waals surface area contributed by atoms with Gasteiger partial charge in [-0.3, -0.25) is 14.8 Å². The van der Waals surface area contributed by atoms with Gasteiger partial charge in [0, 0.05) is 37.3 Å². The number of aromatic nitrogens is 6. The molecule has 0 bridgehead atoms. The Bertz CT molecular complexity index is 1130. The van der Waals surface area contributed by atoms with Gasteiger partial charge in [0.1, 0.15) is 11.5 Å². The van der Waals surface area contributed by atoms with E-state index in [-0.39, 0.29) is 6.10 Å². The van der Waals surface area contributed by atoms with Crippen LogP contribution in [0.25, 0.3) is 33.5 Å². The lowest BCUT2D eigenvalue weighted by molar-refractivity contribution is 0.154. The lowest BCUT2D eigenvalue weighted by Crippen LogP contribution is -2.38. The van der Waals surface area contributed by atoms with Crippen LogP contribution in [0.4, 0.5) is 5.82 Å². The van der Waals surface area contributed by atoms with Crippen LogP contribution in [-0.2, 0) is 7.05 Å². The van der Waals surface area contributed by atoms with Gasteiger partial charge in [-0.2, -0.15) is 10.2 Å². The molecule has 0 spiro atoms. The molecular formula is C20H21N7O. The van der Waals surface area contributed by atoms with Gasteiger partial charge in [0.25, 0.3) is 0 Å². The fourth-order valence-corrected chi connectivity index (χ4v) is 3.72. The van der Waals surface area contributed by atoms with Gasteiger partial charge < -0.3 is 10.0 Å². The van der Waals surface area contributed by atoms with Crippen molar-refractivity contribution in [2.45, 2.75) is 18.9 Å². The van der Waals surface area contributed by atoms with Gasteiger partial charge in [-0.05, 0) is 31.0 Å². The van der Waals surface area contributed by atoms with Gasteiger partial charge in [-0.15, -0.1) is 0 Å². The maximum Gasteiger partial charge on any atom is 0.129 e. The molecule has 5 heterocycles. The second-order valence-corrected chi connectivity index (χ2v) is 7.21. The van der Waals surface area contributed by atoms with E-state index in [0.29, 0.717) is 6.54 Å². The van der Waals surface area contributed by atoms with Gasteiger partial charge in [0.15, 0.2) is 0 Å². The van der Waals surface area contributed by atoms with Crippen LogP contribution in [0.2, 0.25) is 0 Å². The molecule has 4 aromatic heterocycles. The molecule has 28 heavy (non-hydrogen) atoms. The highest BCUT2D eigenvalue weighted by Gasteiger charge is 2.20. The van der Waals surface area contributed by atoms with E-state index in [1.54, 1.807) is 17.1 Å². The van der Waals surface area contributed by atoms with E-state index in [9.17, 15) is 5.11 Å². The van der Waals surface area contributed by atoms with Crippen LogP contribution in [0.3, 0.4) is 0 Å². The van der Waals surface area contributed by atoms with Gasteiger partial charge >= 0.3 is 0 Å². The van der Waals surface area contributed by atoms with Crippen molar-refractivity contribution in [1.29, 1.82) is 0 Å². The first kappa shape index (κ1) is 16.9. The molecule has 8 heteroatoms. The summed E-state index contributed by atoms with van der Waals surface area (Å²) in [6.07, 6.45) is 7.06. The smallest absolute Gasteiger partial charge is 0.129 e.